The van der Waals surface area contributed by atoms with Gasteiger partial charge in [0.05, 0.1) is 27.7 Å². The lowest BCUT2D eigenvalue weighted by atomic mass is 10.1. The molecule has 0 saturated heterocycles. The molecule has 0 aliphatic rings. The van der Waals surface area contributed by atoms with Crippen LogP contribution < -0.4 is 5.32 Å². The second-order valence-electron chi connectivity index (χ2n) is 7.39. The van der Waals surface area contributed by atoms with Gasteiger partial charge in [-0.2, -0.15) is 13.2 Å². The van der Waals surface area contributed by atoms with Crippen LogP contribution in [0.1, 0.15) is 37.9 Å². The van der Waals surface area contributed by atoms with Crippen molar-refractivity contribution in [2.45, 2.75) is 26.4 Å². The first-order valence-electron chi connectivity index (χ1n) is 9.84. The predicted octanol–water partition coefficient (Wildman–Crippen LogP) is 6.62. The monoisotopic (exact) mass is 569 g/mol. The van der Waals surface area contributed by atoms with Crippen LogP contribution in [0.25, 0.3) is 5.69 Å². The predicted molar refractivity (Wildman–Crippen MR) is 128 cm³/mol. The average molecular weight is 571 g/mol. The standard InChI is InChI=1S/C22H16BrClF3N5OS/c1-11-18(9-13-6-7-16(23)17(24)8-13)34-21(28-11)29-20(33)19-12(2)32(31-30-19)15-5-3-4-14(10-15)22(25,26)27/h3-8,10H,9H2,1-2H3,(H,28,29,33). The van der Waals surface area contributed by atoms with E-state index < -0.39 is 17.6 Å². The van der Waals surface area contributed by atoms with Crippen LogP contribution in [0, 0.1) is 13.8 Å². The third kappa shape index (κ3) is 5.16. The fourth-order valence-electron chi connectivity index (χ4n) is 3.24. The number of carbonyl (C=O) groups is 1. The minimum Gasteiger partial charge on any atom is -0.296 e. The Kier molecular flexibility index (Phi) is 6.79. The van der Waals surface area contributed by atoms with Gasteiger partial charge in [-0.15, -0.1) is 16.4 Å². The van der Waals surface area contributed by atoms with Crippen molar-refractivity contribution in [1.82, 2.24) is 20.0 Å². The number of benzene rings is 2. The largest absolute Gasteiger partial charge is 0.416 e. The lowest BCUT2D eigenvalue weighted by molar-refractivity contribution is -0.137. The summed E-state index contributed by atoms with van der Waals surface area (Å²) in [5, 5.41) is 11.4. The first-order valence-corrected chi connectivity index (χ1v) is 11.8. The zero-order chi connectivity index (χ0) is 24.6. The van der Waals surface area contributed by atoms with E-state index in [0.29, 0.717) is 22.3 Å². The number of hydrogen-bond acceptors (Lipinski definition) is 5. The molecular formula is C22H16BrClF3N5OS. The third-order valence-electron chi connectivity index (χ3n) is 4.99. The molecule has 0 atom stereocenters. The van der Waals surface area contributed by atoms with E-state index in [4.69, 9.17) is 11.6 Å². The van der Waals surface area contributed by atoms with Crippen molar-refractivity contribution in [3.63, 3.8) is 0 Å². The zero-order valence-electron chi connectivity index (χ0n) is 17.7. The van der Waals surface area contributed by atoms with Gasteiger partial charge in [-0.3, -0.25) is 10.1 Å². The molecule has 34 heavy (non-hydrogen) atoms. The van der Waals surface area contributed by atoms with E-state index in [1.54, 1.807) is 6.92 Å². The Labute approximate surface area is 209 Å². The summed E-state index contributed by atoms with van der Waals surface area (Å²) < 4.78 is 41.1. The van der Waals surface area contributed by atoms with Crippen molar-refractivity contribution in [2.75, 3.05) is 5.32 Å². The van der Waals surface area contributed by atoms with E-state index in [2.05, 4.69) is 36.5 Å². The number of nitrogens with one attached hydrogen (secondary N) is 1. The van der Waals surface area contributed by atoms with Gasteiger partial charge in [0.2, 0.25) is 0 Å². The van der Waals surface area contributed by atoms with E-state index >= 15 is 0 Å². The van der Waals surface area contributed by atoms with Crippen LogP contribution in [0.2, 0.25) is 5.02 Å². The molecule has 2 aromatic heterocycles. The molecule has 0 saturated carbocycles. The molecule has 0 unspecified atom stereocenters. The van der Waals surface area contributed by atoms with E-state index in [9.17, 15) is 18.0 Å². The van der Waals surface area contributed by atoms with Crippen molar-refractivity contribution >= 4 is 49.9 Å². The first-order chi connectivity index (χ1) is 16.0. The Morgan fingerprint density at radius 2 is 1.97 bits per heavy atom. The maximum atomic E-state index is 13.0. The summed E-state index contributed by atoms with van der Waals surface area (Å²) >= 11 is 10.9. The molecule has 0 aliphatic heterocycles. The van der Waals surface area contributed by atoms with Crippen LogP contribution in [0.15, 0.2) is 46.9 Å². The number of aryl methyl sites for hydroxylation is 1. The lowest BCUT2D eigenvalue weighted by Gasteiger charge is -2.09. The zero-order valence-corrected chi connectivity index (χ0v) is 20.9. The van der Waals surface area contributed by atoms with Crippen LogP contribution in [-0.4, -0.2) is 25.9 Å². The summed E-state index contributed by atoms with van der Waals surface area (Å²) in [6.07, 6.45) is -3.90. The lowest BCUT2D eigenvalue weighted by Crippen LogP contribution is -2.14. The topological polar surface area (TPSA) is 72.7 Å². The van der Waals surface area contributed by atoms with Crippen molar-refractivity contribution in [2.24, 2.45) is 0 Å². The van der Waals surface area contributed by atoms with Crippen molar-refractivity contribution < 1.29 is 18.0 Å². The van der Waals surface area contributed by atoms with Gasteiger partial charge in [-0.05, 0) is 65.7 Å². The van der Waals surface area contributed by atoms with E-state index in [-0.39, 0.29) is 11.4 Å². The molecule has 0 aliphatic carbocycles. The van der Waals surface area contributed by atoms with Gasteiger partial charge in [0.15, 0.2) is 10.8 Å². The Morgan fingerprint density at radius 3 is 2.68 bits per heavy atom. The van der Waals surface area contributed by atoms with Crippen LogP contribution in [-0.2, 0) is 12.6 Å². The second kappa shape index (κ2) is 9.47. The highest BCUT2D eigenvalue weighted by Crippen LogP contribution is 2.31. The molecule has 12 heteroatoms. The van der Waals surface area contributed by atoms with Crippen molar-refractivity contribution in [1.29, 1.82) is 0 Å². The normalized spacial score (nSPS) is 11.6. The van der Waals surface area contributed by atoms with Crippen molar-refractivity contribution in [3.05, 3.63) is 85.0 Å². The maximum Gasteiger partial charge on any atom is 0.416 e. The Bertz CT molecular complexity index is 1390. The van der Waals surface area contributed by atoms with Crippen LogP contribution >= 0.6 is 38.9 Å². The summed E-state index contributed by atoms with van der Waals surface area (Å²) in [5.41, 5.74) is 1.39. The van der Waals surface area contributed by atoms with Gasteiger partial charge in [-0.1, -0.05) is 28.9 Å². The number of amides is 1. The fraction of sp³-hybridized carbons (Fsp3) is 0.182. The molecular weight excluding hydrogens is 555 g/mol. The fourth-order valence-corrected chi connectivity index (χ4v) is 4.68. The molecule has 1 N–H and O–H groups in total. The summed E-state index contributed by atoms with van der Waals surface area (Å²) in [6, 6.07) is 10.3. The van der Waals surface area contributed by atoms with E-state index in [1.165, 1.54) is 28.2 Å². The summed E-state index contributed by atoms with van der Waals surface area (Å²) in [7, 11) is 0. The molecule has 0 fully saturated rings. The molecule has 0 bridgehead atoms. The summed E-state index contributed by atoms with van der Waals surface area (Å²) in [6.45, 7) is 3.40. The van der Waals surface area contributed by atoms with Crippen LogP contribution in [0.4, 0.5) is 18.3 Å². The summed E-state index contributed by atoms with van der Waals surface area (Å²) in [4.78, 5) is 18.2. The van der Waals surface area contributed by atoms with Crippen molar-refractivity contribution in [3.8, 4) is 5.69 Å². The van der Waals surface area contributed by atoms with Crippen LogP contribution in [0.3, 0.4) is 0 Å². The molecule has 0 spiro atoms. The summed E-state index contributed by atoms with van der Waals surface area (Å²) in [5.74, 6) is -0.553. The highest BCUT2D eigenvalue weighted by atomic mass is 79.9. The first kappa shape index (κ1) is 24.4. The molecule has 1 amide bonds. The number of halogens is 5. The molecule has 2 aromatic carbocycles. The van der Waals surface area contributed by atoms with Gasteiger partial charge in [0.1, 0.15) is 0 Å². The minimum absolute atomic E-state index is 0.00786. The number of aromatic nitrogens is 4. The number of hydrogen-bond donors (Lipinski definition) is 1. The number of anilines is 1. The Morgan fingerprint density at radius 1 is 1.21 bits per heavy atom. The van der Waals surface area contributed by atoms with Gasteiger partial charge in [0.25, 0.3) is 5.91 Å². The molecule has 6 nitrogen and oxygen atoms in total. The number of alkyl halides is 3. The molecule has 0 radical (unpaired) electrons. The molecule has 4 aromatic rings. The van der Waals surface area contributed by atoms with Gasteiger partial charge in [-0.25, -0.2) is 9.67 Å². The molecule has 176 valence electrons. The van der Waals surface area contributed by atoms with Gasteiger partial charge < -0.3 is 0 Å². The highest BCUT2D eigenvalue weighted by molar-refractivity contribution is 9.10. The Balaban J connectivity index is 1.53. The van der Waals surface area contributed by atoms with Crippen LogP contribution in [0.5, 0.6) is 0 Å². The van der Waals surface area contributed by atoms with Gasteiger partial charge >= 0.3 is 6.18 Å². The number of thiazole rings is 1. The minimum atomic E-state index is -4.49. The van der Waals surface area contributed by atoms with Gasteiger partial charge in [0, 0.05) is 15.8 Å². The highest BCUT2D eigenvalue weighted by Gasteiger charge is 2.31. The quantitative estimate of drug-likeness (QED) is 0.293. The second-order valence-corrected chi connectivity index (χ2v) is 9.74. The maximum absolute atomic E-state index is 13.0. The number of rotatable bonds is 5. The third-order valence-corrected chi connectivity index (χ3v) is 7.29. The molecule has 2 heterocycles. The smallest absolute Gasteiger partial charge is 0.296 e. The van der Waals surface area contributed by atoms with E-state index in [0.717, 1.165) is 32.7 Å². The SMILES string of the molecule is Cc1nc(NC(=O)c2nnn(-c3cccc(C(F)(F)F)c3)c2C)sc1Cc1ccc(Br)c(Cl)c1. The number of nitrogens with zero attached hydrogens (tertiary/aromatic N) is 4. The Hall–Kier alpha value is -2.76. The number of carbonyl (C=O) groups excluding carboxylic acids is 1. The van der Waals surface area contributed by atoms with E-state index in [1.807, 2.05) is 25.1 Å². The molecule has 4 rings (SSSR count). The average Bonchev–Trinajstić information content (AvgIpc) is 3.32.